The molecule has 0 amide bonds. The summed E-state index contributed by atoms with van der Waals surface area (Å²) in [6, 6.07) is 20.3. The molecule has 0 spiro atoms. The van der Waals surface area contributed by atoms with Crippen LogP contribution in [0, 0.1) is 59.2 Å². The molecule has 0 radical (unpaired) electrons. The van der Waals surface area contributed by atoms with Gasteiger partial charge in [-0.1, -0.05) is 65.5 Å². The zero-order chi connectivity index (χ0) is 49.9. The minimum Gasteiger partial charge on any atom is -0.490 e. The third-order valence-corrected chi connectivity index (χ3v) is 17.5. The van der Waals surface area contributed by atoms with E-state index in [1.54, 1.807) is 6.07 Å². The van der Waals surface area contributed by atoms with E-state index in [1.807, 2.05) is 24.3 Å². The summed E-state index contributed by atoms with van der Waals surface area (Å²) in [5, 5.41) is 5.47. The van der Waals surface area contributed by atoms with Crippen LogP contribution in [0.25, 0.3) is 21.8 Å². The lowest BCUT2D eigenvalue weighted by molar-refractivity contribution is -0.148. The van der Waals surface area contributed by atoms with Crippen molar-refractivity contribution in [2.75, 3.05) is 40.4 Å². The minimum absolute atomic E-state index is 0.00184. The Hall–Kier alpha value is -4.61. The lowest BCUT2D eigenvalue weighted by Gasteiger charge is -2.45. The summed E-state index contributed by atoms with van der Waals surface area (Å²) < 4.78 is 22.3. The Morgan fingerprint density at radius 2 is 1.10 bits per heavy atom. The van der Waals surface area contributed by atoms with Crippen molar-refractivity contribution in [3.63, 3.8) is 0 Å². The highest BCUT2D eigenvalue weighted by molar-refractivity contribution is 5.84. The normalized spacial score (nSPS) is 27.3. The predicted molar refractivity (Wildman–Crippen MR) is 281 cm³/mol. The van der Waals surface area contributed by atoms with Crippen LogP contribution in [0.4, 0.5) is 0 Å². The summed E-state index contributed by atoms with van der Waals surface area (Å²) in [6.45, 7) is 14.7. The molecule has 0 bridgehead atoms. The number of hydrogen-bond acceptors (Lipinski definition) is 11. The van der Waals surface area contributed by atoms with E-state index in [4.69, 9.17) is 23.9 Å². The molecule has 4 heterocycles. The summed E-state index contributed by atoms with van der Waals surface area (Å²) in [6.07, 6.45) is 20.1. The first-order chi connectivity index (χ1) is 34.4. The molecule has 2 saturated heterocycles. The number of fused-ring (bicyclic) bond motifs is 2. The van der Waals surface area contributed by atoms with Crippen LogP contribution < -0.4 is 14.8 Å². The van der Waals surface area contributed by atoms with Gasteiger partial charge >= 0.3 is 11.9 Å². The number of carbonyl (C=O) groups is 3. The fourth-order valence-corrected chi connectivity index (χ4v) is 12.7. The van der Waals surface area contributed by atoms with Gasteiger partial charge in [-0.2, -0.15) is 0 Å². The van der Waals surface area contributed by atoms with Crippen LogP contribution in [-0.2, 0) is 25.6 Å². The Labute approximate surface area is 424 Å². The number of ether oxygens (including phenoxy) is 4. The zero-order valence-corrected chi connectivity index (χ0v) is 43.8. The average Bonchev–Trinajstić information content (AvgIpc) is 3.37. The van der Waals surface area contributed by atoms with Crippen LogP contribution in [0.1, 0.15) is 147 Å². The lowest BCUT2D eigenvalue weighted by atomic mass is 9.72. The molecule has 6 aliphatic rings. The van der Waals surface area contributed by atoms with Gasteiger partial charge in [0, 0.05) is 30.4 Å². The largest absolute Gasteiger partial charge is 0.490 e. The molecular weight excluding hydrogens is 889 g/mol. The minimum atomic E-state index is -0.0155. The number of nitrogens with one attached hydrogen (secondary N) is 1. The second-order valence-electron chi connectivity index (χ2n) is 22.8. The van der Waals surface area contributed by atoms with Crippen molar-refractivity contribution >= 4 is 40.0 Å². The van der Waals surface area contributed by atoms with Gasteiger partial charge in [-0.15, -0.1) is 0 Å². The van der Waals surface area contributed by atoms with E-state index in [-0.39, 0.29) is 23.8 Å². The Morgan fingerprint density at radius 1 is 0.606 bits per heavy atom. The second kappa shape index (κ2) is 25.4. The van der Waals surface area contributed by atoms with Crippen molar-refractivity contribution in [1.82, 2.24) is 20.2 Å². The van der Waals surface area contributed by atoms with Crippen LogP contribution >= 0.6 is 0 Å². The maximum absolute atomic E-state index is 12.0. The number of methoxy groups -OCH3 is 2. The van der Waals surface area contributed by atoms with Crippen molar-refractivity contribution < 1.29 is 33.3 Å². The molecule has 2 aromatic heterocycles. The molecule has 11 heteroatoms. The van der Waals surface area contributed by atoms with Gasteiger partial charge in [-0.3, -0.25) is 24.3 Å². The summed E-state index contributed by atoms with van der Waals surface area (Å²) in [4.78, 5) is 45.8. The topological polar surface area (TPSA) is 129 Å². The first-order valence-corrected chi connectivity index (χ1v) is 27.6. The Bertz CT molecular complexity index is 2350. The summed E-state index contributed by atoms with van der Waals surface area (Å²) in [7, 11) is 3.01. The van der Waals surface area contributed by atoms with Gasteiger partial charge < -0.3 is 24.3 Å². The van der Waals surface area contributed by atoms with Crippen molar-refractivity contribution in [1.29, 1.82) is 0 Å². The molecule has 10 rings (SSSR count). The second-order valence-corrected chi connectivity index (χ2v) is 22.8. The van der Waals surface area contributed by atoms with Crippen molar-refractivity contribution in [3.05, 3.63) is 72.1 Å². The van der Waals surface area contributed by atoms with E-state index < -0.39 is 0 Å². The number of rotatable bonds is 13. The third kappa shape index (κ3) is 14.3. The number of likely N-dealkylation sites (tertiary alicyclic amines) is 1. The molecule has 6 fully saturated rings. The van der Waals surface area contributed by atoms with E-state index in [0.717, 1.165) is 158 Å². The first-order valence-electron chi connectivity index (χ1n) is 27.6. The number of carbonyl (C=O) groups excluding carboxylic acids is 3. The van der Waals surface area contributed by atoms with Crippen LogP contribution in [0.15, 0.2) is 60.7 Å². The SMILES string of the molecule is CC(C)C1CCC(Oc2ccc3nc(C=O)ccc3c2)CC1.COC(=O)C1CCCC(C2CN(Cc3ccc4cc(OC5CCC(C(C)C)CC5)ccc4n3)C2)C1.COC(=O)C1CCCC(C2CNC2)C1. The third-order valence-electron chi connectivity index (χ3n) is 17.5. The smallest absolute Gasteiger partial charge is 0.308 e. The summed E-state index contributed by atoms with van der Waals surface area (Å²) >= 11 is 0. The number of aldehydes is 1. The maximum Gasteiger partial charge on any atom is 0.308 e. The monoisotopic (exact) mass is 973 g/mol. The average molecular weight is 973 g/mol. The molecule has 2 aromatic carbocycles. The van der Waals surface area contributed by atoms with Crippen molar-refractivity contribution in [2.45, 2.75) is 149 Å². The molecule has 386 valence electrons. The van der Waals surface area contributed by atoms with Crippen LogP contribution in [0.2, 0.25) is 0 Å². The Balaban J connectivity index is 0.000000159. The first kappa shape index (κ1) is 52.7. The van der Waals surface area contributed by atoms with Gasteiger partial charge in [0.15, 0.2) is 6.29 Å². The molecule has 4 aromatic rings. The summed E-state index contributed by atoms with van der Waals surface area (Å²) in [5.74, 6) is 8.37. The zero-order valence-electron chi connectivity index (χ0n) is 43.8. The number of nitrogens with zero attached hydrogens (tertiary/aromatic N) is 3. The standard InChI is InChI=1S/C30H42N2O3.C19H23NO2.C11H19NO2/c1-20(2)21-8-11-27(12-9-21)35-28-13-14-29-23(16-28)7-10-26(31-29)19-32-17-25(18-32)22-5-4-6-24(15-22)30(33)34-3;1-13(2)14-4-7-17(8-5-14)22-18-9-10-19-15(11-18)3-6-16(12-21)20-19;1-14-11(13)9-4-2-3-8(5-9)10-6-12-7-10/h7,10,13-14,16,20-22,24-25,27H,4-6,8-9,11-12,15,17-19H2,1-3H3;3,6,9-14,17H,4-5,7-8H2,1-2H3;8-10,12H,2-7H2,1H3. The molecule has 1 N–H and O–H groups in total. The highest BCUT2D eigenvalue weighted by atomic mass is 16.5. The van der Waals surface area contributed by atoms with E-state index in [1.165, 1.54) is 72.0 Å². The van der Waals surface area contributed by atoms with Gasteiger partial charge in [-0.25, -0.2) is 4.98 Å². The van der Waals surface area contributed by atoms with E-state index in [0.29, 0.717) is 29.7 Å². The number of pyridine rings is 2. The van der Waals surface area contributed by atoms with E-state index >= 15 is 0 Å². The fraction of sp³-hybridized carbons (Fsp3) is 0.650. The van der Waals surface area contributed by atoms with Gasteiger partial charge in [-0.05, 0) is 186 Å². The quantitative estimate of drug-likeness (QED) is 0.102. The van der Waals surface area contributed by atoms with Crippen LogP contribution in [0.5, 0.6) is 11.5 Å². The van der Waals surface area contributed by atoms with E-state index in [9.17, 15) is 14.4 Å². The summed E-state index contributed by atoms with van der Waals surface area (Å²) in [5.41, 5.74) is 3.48. The van der Waals surface area contributed by atoms with Crippen molar-refractivity contribution in [3.8, 4) is 11.5 Å². The number of aromatic nitrogens is 2. The number of benzene rings is 2. The molecular formula is C60H84N4O7. The highest BCUT2D eigenvalue weighted by Gasteiger charge is 2.38. The van der Waals surface area contributed by atoms with E-state index in [2.05, 4.69) is 73.2 Å². The molecule has 71 heavy (non-hydrogen) atoms. The number of esters is 2. The molecule has 11 nitrogen and oxygen atoms in total. The van der Waals surface area contributed by atoms with Crippen LogP contribution in [-0.4, -0.2) is 85.7 Å². The predicted octanol–water partition coefficient (Wildman–Crippen LogP) is 12.1. The molecule has 2 aliphatic heterocycles. The molecule has 4 aliphatic carbocycles. The van der Waals surface area contributed by atoms with Crippen LogP contribution in [0.3, 0.4) is 0 Å². The number of hydrogen-bond donors (Lipinski definition) is 1. The Kier molecular flexibility index (Phi) is 18.8. The molecule has 4 unspecified atom stereocenters. The Morgan fingerprint density at radius 3 is 1.56 bits per heavy atom. The van der Waals surface area contributed by atoms with Gasteiger partial charge in [0.1, 0.15) is 17.2 Å². The maximum atomic E-state index is 12.0. The molecule has 4 atom stereocenters. The fourth-order valence-electron chi connectivity index (χ4n) is 12.7. The highest BCUT2D eigenvalue weighted by Crippen LogP contribution is 2.40. The van der Waals surface area contributed by atoms with Gasteiger partial charge in [0.05, 0.1) is 55.0 Å². The van der Waals surface area contributed by atoms with Gasteiger partial charge in [0.2, 0.25) is 0 Å². The van der Waals surface area contributed by atoms with Crippen molar-refractivity contribution in [2.24, 2.45) is 59.2 Å². The lowest BCUT2D eigenvalue weighted by Crippen LogP contribution is -2.50. The molecule has 4 saturated carbocycles. The van der Waals surface area contributed by atoms with Gasteiger partial charge in [0.25, 0.3) is 0 Å².